The zero-order chi connectivity index (χ0) is 18.9. The fourth-order valence-electron chi connectivity index (χ4n) is 3.38. The Bertz CT molecular complexity index is 904. The number of hydrogen-bond donors (Lipinski definition) is 0. The number of carbonyl (C=O) groups excluding carboxylic acids is 2. The Kier molecular flexibility index (Phi) is 5.04. The third-order valence-electron chi connectivity index (χ3n) is 4.62. The fraction of sp³-hybridized carbons (Fsp3) is 0.250. The minimum Gasteiger partial charge on any atom is -0.465 e. The molecule has 2 aromatic rings. The summed E-state index contributed by atoms with van der Waals surface area (Å²) in [6.07, 6.45) is 0. The third kappa shape index (κ3) is 2.98. The standard InChI is InChI=1S/C20H15Cl2NO3/c1-2-26-19(25)20(11-23)16(13-4-3-5-15(22)10-13)17(20)18(24)12-6-8-14(21)9-7-12/h3-10,16-17H,2H2,1H3. The quantitative estimate of drug-likeness (QED) is 0.552. The average molecular weight is 388 g/mol. The van der Waals surface area contributed by atoms with E-state index >= 15 is 0 Å². The molecule has 6 heteroatoms. The van der Waals surface area contributed by atoms with Gasteiger partial charge in [-0.1, -0.05) is 35.3 Å². The maximum Gasteiger partial charge on any atom is 0.327 e. The zero-order valence-electron chi connectivity index (χ0n) is 13.9. The van der Waals surface area contributed by atoms with E-state index in [0.717, 1.165) is 0 Å². The predicted molar refractivity (Wildman–Crippen MR) is 98.1 cm³/mol. The summed E-state index contributed by atoms with van der Waals surface area (Å²) < 4.78 is 5.11. The number of esters is 1. The lowest BCUT2D eigenvalue weighted by Gasteiger charge is -2.08. The van der Waals surface area contributed by atoms with Gasteiger partial charge in [-0.2, -0.15) is 5.26 Å². The normalized spacial score (nSPS) is 23.8. The number of nitrogens with zero attached hydrogens (tertiary/aromatic N) is 1. The Hall–Kier alpha value is -2.35. The first-order chi connectivity index (χ1) is 12.5. The van der Waals surface area contributed by atoms with Crippen molar-refractivity contribution >= 4 is 35.0 Å². The van der Waals surface area contributed by atoms with Crippen molar-refractivity contribution in [2.45, 2.75) is 12.8 Å². The van der Waals surface area contributed by atoms with Crippen LogP contribution in [0.1, 0.15) is 28.8 Å². The second-order valence-electron chi connectivity index (χ2n) is 6.08. The van der Waals surface area contributed by atoms with Crippen LogP contribution in [-0.2, 0) is 9.53 Å². The molecule has 3 rings (SSSR count). The van der Waals surface area contributed by atoms with Crippen LogP contribution >= 0.6 is 23.2 Å². The summed E-state index contributed by atoms with van der Waals surface area (Å²) in [7, 11) is 0. The van der Waals surface area contributed by atoms with Crippen molar-refractivity contribution < 1.29 is 14.3 Å². The van der Waals surface area contributed by atoms with Crippen LogP contribution in [0.4, 0.5) is 0 Å². The molecule has 0 aromatic heterocycles. The van der Waals surface area contributed by atoms with Crippen molar-refractivity contribution in [2.75, 3.05) is 6.61 Å². The molecule has 0 aliphatic heterocycles. The van der Waals surface area contributed by atoms with Crippen LogP contribution in [-0.4, -0.2) is 18.4 Å². The molecule has 0 heterocycles. The summed E-state index contributed by atoms with van der Waals surface area (Å²) >= 11 is 11.9. The summed E-state index contributed by atoms with van der Waals surface area (Å²) in [6, 6.07) is 15.3. The molecule has 132 valence electrons. The van der Waals surface area contributed by atoms with Gasteiger partial charge in [0.1, 0.15) is 0 Å². The predicted octanol–water partition coefficient (Wildman–Crippen LogP) is 4.66. The second-order valence-corrected chi connectivity index (χ2v) is 6.96. The van der Waals surface area contributed by atoms with Crippen LogP contribution in [0.25, 0.3) is 0 Å². The Morgan fingerprint density at radius 1 is 1.15 bits per heavy atom. The number of rotatable bonds is 5. The number of hydrogen-bond acceptors (Lipinski definition) is 4. The highest BCUT2D eigenvalue weighted by Gasteiger charge is 2.75. The Labute approximate surface area is 161 Å². The van der Waals surface area contributed by atoms with Gasteiger partial charge in [-0.15, -0.1) is 0 Å². The minimum absolute atomic E-state index is 0.131. The number of Topliss-reactive ketones (excluding diaryl/α,β-unsaturated/α-hetero) is 1. The highest BCUT2D eigenvalue weighted by atomic mass is 35.5. The van der Waals surface area contributed by atoms with E-state index in [-0.39, 0.29) is 12.4 Å². The fourth-order valence-corrected chi connectivity index (χ4v) is 3.71. The molecule has 0 amide bonds. The van der Waals surface area contributed by atoms with E-state index in [4.69, 9.17) is 27.9 Å². The molecule has 26 heavy (non-hydrogen) atoms. The van der Waals surface area contributed by atoms with Crippen LogP contribution in [0.3, 0.4) is 0 Å². The Morgan fingerprint density at radius 2 is 1.85 bits per heavy atom. The van der Waals surface area contributed by atoms with E-state index in [9.17, 15) is 14.9 Å². The van der Waals surface area contributed by atoms with E-state index in [0.29, 0.717) is 21.2 Å². The molecule has 4 nitrogen and oxygen atoms in total. The monoisotopic (exact) mass is 387 g/mol. The van der Waals surface area contributed by atoms with Crippen LogP contribution in [0.5, 0.6) is 0 Å². The summed E-state index contributed by atoms with van der Waals surface area (Å²) in [4.78, 5) is 25.6. The first-order valence-electron chi connectivity index (χ1n) is 8.09. The van der Waals surface area contributed by atoms with Crippen molar-refractivity contribution in [3.05, 3.63) is 69.7 Å². The van der Waals surface area contributed by atoms with Crippen LogP contribution in [0.15, 0.2) is 48.5 Å². The van der Waals surface area contributed by atoms with Crippen molar-refractivity contribution in [1.29, 1.82) is 5.26 Å². The van der Waals surface area contributed by atoms with Gasteiger partial charge in [0.15, 0.2) is 11.2 Å². The minimum atomic E-state index is -1.54. The molecule has 1 saturated carbocycles. The molecule has 0 spiro atoms. The zero-order valence-corrected chi connectivity index (χ0v) is 15.4. The van der Waals surface area contributed by atoms with Gasteiger partial charge in [-0.05, 0) is 48.9 Å². The summed E-state index contributed by atoms with van der Waals surface area (Å²) in [5.41, 5.74) is -0.482. The molecule has 0 saturated heterocycles. The molecule has 1 aliphatic carbocycles. The van der Waals surface area contributed by atoms with Gasteiger partial charge in [-0.3, -0.25) is 9.59 Å². The van der Waals surface area contributed by atoms with E-state index in [2.05, 4.69) is 6.07 Å². The topological polar surface area (TPSA) is 67.2 Å². The number of ketones is 1. The summed E-state index contributed by atoms with van der Waals surface area (Å²) in [5.74, 6) is -2.40. The molecular formula is C20H15Cl2NO3. The first-order valence-corrected chi connectivity index (χ1v) is 8.85. The molecule has 3 atom stereocenters. The number of benzene rings is 2. The van der Waals surface area contributed by atoms with E-state index in [1.165, 1.54) is 0 Å². The first kappa shape index (κ1) is 18.4. The van der Waals surface area contributed by atoms with Crippen molar-refractivity contribution in [3.63, 3.8) is 0 Å². The number of ether oxygens (including phenoxy) is 1. The SMILES string of the molecule is CCOC(=O)C1(C#N)C(C(=O)c2ccc(Cl)cc2)C1c1cccc(Cl)c1. The molecule has 1 fully saturated rings. The van der Waals surface area contributed by atoms with Crippen LogP contribution in [0.2, 0.25) is 10.0 Å². The van der Waals surface area contributed by atoms with Crippen LogP contribution in [0, 0.1) is 22.7 Å². The van der Waals surface area contributed by atoms with Crippen molar-refractivity contribution in [3.8, 4) is 6.07 Å². The number of carbonyl (C=O) groups is 2. The molecular weight excluding hydrogens is 373 g/mol. The summed E-state index contributed by atoms with van der Waals surface area (Å²) in [5, 5.41) is 10.8. The highest BCUT2D eigenvalue weighted by molar-refractivity contribution is 6.31. The smallest absolute Gasteiger partial charge is 0.327 e. The third-order valence-corrected chi connectivity index (χ3v) is 5.11. The Balaban J connectivity index is 2.05. The van der Waals surface area contributed by atoms with Gasteiger partial charge < -0.3 is 4.74 Å². The lowest BCUT2D eigenvalue weighted by atomic mass is 9.99. The molecule has 1 aliphatic rings. The van der Waals surface area contributed by atoms with Gasteiger partial charge in [0.25, 0.3) is 0 Å². The van der Waals surface area contributed by atoms with E-state index < -0.39 is 23.2 Å². The van der Waals surface area contributed by atoms with E-state index in [1.54, 1.807) is 55.5 Å². The number of halogens is 2. The lowest BCUT2D eigenvalue weighted by molar-refractivity contribution is -0.147. The summed E-state index contributed by atoms with van der Waals surface area (Å²) in [6.45, 7) is 1.79. The highest BCUT2D eigenvalue weighted by Crippen LogP contribution is 2.66. The van der Waals surface area contributed by atoms with Crippen molar-refractivity contribution in [2.24, 2.45) is 11.3 Å². The van der Waals surface area contributed by atoms with Gasteiger partial charge in [0, 0.05) is 21.5 Å². The average Bonchev–Trinajstić information content (AvgIpc) is 3.32. The van der Waals surface area contributed by atoms with E-state index in [1.807, 2.05) is 0 Å². The molecule has 0 radical (unpaired) electrons. The molecule has 2 aromatic carbocycles. The Morgan fingerprint density at radius 3 is 2.42 bits per heavy atom. The largest absolute Gasteiger partial charge is 0.465 e. The van der Waals surface area contributed by atoms with Crippen molar-refractivity contribution in [1.82, 2.24) is 0 Å². The lowest BCUT2D eigenvalue weighted by Crippen LogP contribution is -2.23. The second kappa shape index (κ2) is 7.11. The van der Waals surface area contributed by atoms with Gasteiger partial charge in [0.05, 0.1) is 18.6 Å². The number of nitriles is 1. The van der Waals surface area contributed by atoms with Gasteiger partial charge >= 0.3 is 5.97 Å². The van der Waals surface area contributed by atoms with Gasteiger partial charge in [0.2, 0.25) is 0 Å². The molecule has 0 N–H and O–H groups in total. The van der Waals surface area contributed by atoms with Gasteiger partial charge in [-0.25, -0.2) is 0 Å². The maximum absolute atomic E-state index is 13.0. The molecule has 0 bridgehead atoms. The van der Waals surface area contributed by atoms with Crippen LogP contribution < -0.4 is 0 Å². The maximum atomic E-state index is 13.0. The molecule has 3 unspecified atom stereocenters.